The molecule has 1 N–H and O–H groups in total. The van der Waals surface area contributed by atoms with Crippen molar-refractivity contribution in [2.24, 2.45) is 0 Å². The van der Waals surface area contributed by atoms with E-state index in [1.54, 1.807) is 6.20 Å². The number of aromatic nitrogens is 3. The van der Waals surface area contributed by atoms with Crippen LogP contribution >= 0.6 is 11.6 Å². The summed E-state index contributed by atoms with van der Waals surface area (Å²) >= 11 is 6.24. The first-order chi connectivity index (χ1) is 12.4. The van der Waals surface area contributed by atoms with E-state index in [1.807, 2.05) is 36.4 Å². The van der Waals surface area contributed by atoms with Crippen molar-refractivity contribution in [2.75, 3.05) is 0 Å². The Hall–Kier alpha value is -1.65. The van der Waals surface area contributed by atoms with Crippen LogP contribution in [0.3, 0.4) is 0 Å². The Labute approximate surface area is 186 Å². The van der Waals surface area contributed by atoms with Gasteiger partial charge in [0.1, 0.15) is 5.82 Å². The minimum Gasteiger partial charge on any atom is -0.338 e. The number of halogens is 1. The number of imidazole rings is 1. The monoisotopic (exact) mass is 384 g/mol. The Morgan fingerprint density at radius 1 is 0.926 bits per heavy atom. The molecule has 1 radical (unpaired) electrons. The maximum Gasteiger partial charge on any atom is 0.138 e. The maximum absolute atomic E-state index is 6.24. The molecule has 4 aromatic rings. The molecular weight excluding hydrogens is 365 g/mol. The van der Waals surface area contributed by atoms with E-state index in [1.165, 1.54) is 5.56 Å². The van der Waals surface area contributed by atoms with Crippen molar-refractivity contribution < 1.29 is 0 Å². The second kappa shape index (κ2) is 7.76. The van der Waals surface area contributed by atoms with Gasteiger partial charge in [-0.1, -0.05) is 62.7 Å². The van der Waals surface area contributed by atoms with Gasteiger partial charge in [0.2, 0.25) is 0 Å². The Balaban J connectivity index is 0.00000210. The number of pyridine rings is 1. The molecule has 4 rings (SSSR count). The van der Waals surface area contributed by atoms with Gasteiger partial charge in [-0.25, -0.2) is 4.98 Å². The summed E-state index contributed by atoms with van der Waals surface area (Å²) in [6.45, 7) is 6.65. The Kier molecular flexibility index (Phi) is 5.78. The molecular formula is C22H20ClN3Na. The van der Waals surface area contributed by atoms with Crippen molar-refractivity contribution in [3.05, 3.63) is 71.4 Å². The third-order valence-electron chi connectivity index (χ3n) is 4.54. The van der Waals surface area contributed by atoms with E-state index in [4.69, 9.17) is 16.6 Å². The molecule has 2 aromatic heterocycles. The fourth-order valence-electron chi connectivity index (χ4n) is 3.00. The molecule has 0 aliphatic carbocycles. The van der Waals surface area contributed by atoms with Crippen LogP contribution in [-0.4, -0.2) is 44.5 Å². The second-order valence-electron chi connectivity index (χ2n) is 7.48. The summed E-state index contributed by atoms with van der Waals surface area (Å²) in [5.41, 5.74) is 6.26. The molecule has 0 unspecified atom stereocenters. The van der Waals surface area contributed by atoms with Crippen LogP contribution in [0.15, 0.2) is 60.8 Å². The van der Waals surface area contributed by atoms with Gasteiger partial charge in [-0.15, -0.1) is 0 Å². The average molecular weight is 385 g/mol. The summed E-state index contributed by atoms with van der Waals surface area (Å²) in [6, 6.07) is 18.2. The number of nitrogens with zero attached hydrogens (tertiary/aromatic N) is 2. The van der Waals surface area contributed by atoms with E-state index in [2.05, 4.69) is 48.9 Å². The largest absolute Gasteiger partial charge is 0.338 e. The molecule has 0 fully saturated rings. The summed E-state index contributed by atoms with van der Waals surface area (Å²) < 4.78 is 0. The zero-order chi connectivity index (χ0) is 18.3. The number of rotatable bonds is 2. The first-order valence-corrected chi connectivity index (χ1v) is 9.01. The van der Waals surface area contributed by atoms with Gasteiger partial charge in [0.15, 0.2) is 0 Å². The van der Waals surface area contributed by atoms with E-state index in [0.717, 1.165) is 33.7 Å². The van der Waals surface area contributed by atoms with Crippen LogP contribution in [0.2, 0.25) is 5.02 Å². The molecule has 0 spiro atoms. The molecule has 2 aromatic carbocycles. The average Bonchev–Trinajstić information content (AvgIpc) is 3.05. The first kappa shape index (κ1) is 20.1. The second-order valence-corrected chi connectivity index (χ2v) is 7.89. The number of aromatic amines is 1. The molecule has 0 saturated heterocycles. The standard InChI is InChI=1S/C22H20ClN3.Na/c1-22(2,3)16-10-11-18-19(13-16)26-21(25-18)15-8-6-14(7-9-15)20-17(23)5-4-12-24-20;/h4-13H,1-3H3,(H,25,26);. The molecule has 0 atom stereocenters. The van der Waals surface area contributed by atoms with Gasteiger partial charge in [0, 0.05) is 46.9 Å². The SMILES string of the molecule is CC(C)(C)c1ccc2nc(-c3ccc(-c4ncccc4Cl)cc3)[nH]c2c1.[Na]. The Morgan fingerprint density at radius 2 is 1.63 bits per heavy atom. The van der Waals surface area contributed by atoms with Gasteiger partial charge in [-0.3, -0.25) is 4.98 Å². The van der Waals surface area contributed by atoms with Crippen molar-refractivity contribution in [3.8, 4) is 22.6 Å². The molecule has 0 bridgehead atoms. The zero-order valence-corrected chi connectivity index (χ0v) is 18.8. The quantitative estimate of drug-likeness (QED) is 0.439. The van der Waals surface area contributed by atoms with E-state index in [-0.39, 0.29) is 35.0 Å². The molecule has 0 aliphatic rings. The maximum atomic E-state index is 6.24. The van der Waals surface area contributed by atoms with E-state index < -0.39 is 0 Å². The molecule has 27 heavy (non-hydrogen) atoms. The smallest absolute Gasteiger partial charge is 0.138 e. The summed E-state index contributed by atoms with van der Waals surface area (Å²) in [5, 5.41) is 0.652. The zero-order valence-electron chi connectivity index (χ0n) is 16.0. The third kappa shape index (κ3) is 4.12. The summed E-state index contributed by atoms with van der Waals surface area (Å²) in [4.78, 5) is 12.5. The molecule has 0 saturated carbocycles. The van der Waals surface area contributed by atoms with Crippen molar-refractivity contribution in [2.45, 2.75) is 26.2 Å². The fourth-order valence-corrected chi connectivity index (χ4v) is 3.23. The van der Waals surface area contributed by atoms with Gasteiger partial charge in [-0.2, -0.15) is 0 Å². The molecule has 2 heterocycles. The van der Waals surface area contributed by atoms with Crippen molar-refractivity contribution in [1.29, 1.82) is 0 Å². The van der Waals surface area contributed by atoms with Crippen LogP contribution in [0, 0.1) is 0 Å². The van der Waals surface area contributed by atoms with E-state index in [9.17, 15) is 0 Å². The fraction of sp³-hybridized carbons (Fsp3) is 0.182. The molecule has 131 valence electrons. The molecule has 5 heteroatoms. The molecule has 0 amide bonds. The Morgan fingerprint density at radius 3 is 2.30 bits per heavy atom. The van der Waals surface area contributed by atoms with Gasteiger partial charge in [0.25, 0.3) is 0 Å². The minimum atomic E-state index is 0. The van der Waals surface area contributed by atoms with E-state index in [0.29, 0.717) is 5.02 Å². The number of nitrogens with one attached hydrogen (secondary N) is 1. The number of fused-ring (bicyclic) bond motifs is 1. The van der Waals surface area contributed by atoms with Crippen LogP contribution in [-0.2, 0) is 5.41 Å². The minimum absolute atomic E-state index is 0. The normalized spacial score (nSPS) is 11.4. The summed E-state index contributed by atoms with van der Waals surface area (Å²) in [7, 11) is 0. The molecule has 0 aliphatic heterocycles. The van der Waals surface area contributed by atoms with Crippen LogP contribution < -0.4 is 0 Å². The van der Waals surface area contributed by atoms with Crippen LogP contribution in [0.25, 0.3) is 33.7 Å². The molecule has 3 nitrogen and oxygen atoms in total. The van der Waals surface area contributed by atoms with Gasteiger partial charge in [0.05, 0.1) is 21.7 Å². The topological polar surface area (TPSA) is 41.6 Å². The van der Waals surface area contributed by atoms with Gasteiger partial charge < -0.3 is 4.98 Å². The van der Waals surface area contributed by atoms with Crippen LogP contribution in [0.5, 0.6) is 0 Å². The van der Waals surface area contributed by atoms with Crippen LogP contribution in [0.1, 0.15) is 26.3 Å². The predicted octanol–water partition coefficient (Wildman–Crippen LogP) is 5.86. The number of hydrogen-bond acceptors (Lipinski definition) is 2. The summed E-state index contributed by atoms with van der Waals surface area (Å²) in [5.74, 6) is 0.865. The van der Waals surface area contributed by atoms with Crippen LogP contribution in [0.4, 0.5) is 0 Å². The Bertz CT molecular complexity index is 1080. The first-order valence-electron chi connectivity index (χ1n) is 8.63. The predicted molar refractivity (Wildman–Crippen MR) is 114 cm³/mol. The number of hydrogen-bond donors (Lipinski definition) is 1. The van der Waals surface area contributed by atoms with Crippen molar-refractivity contribution in [1.82, 2.24) is 15.0 Å². The van der Waals surface area contributed by atoms with Gasteiger partial charge >= 0.3 is 0 Å². The van der Waals surface area contributed by atoms with E-state index >= 15 is 0 Å². The summed E-state index contributed by atoms with van der Waals surface area (Å²) in [6.07, 6.45) is 1.75. The van der Waals surface area contributed by atoms with Gasteiger partial charge in [-0.05, 0) is 35.2 Å². The number of benzene rings is 2. The number of H-pyrrole nitrogens is 1. The van der Waals surface area contributed by atoms with Crippen molar-refractivity contribution >= 4 is 52.2 Å². The van der Waals surface area contributed by atoms with Crippen molar-refractivity contribution in [3.63, 3.8) is 0 Å². The third-order valence-corrected chi connectivity index (χ3v) is 4.84.